The van der Waals surface area contributed by atoms with Crippen molar-refractivity contribution in [1.82, 2.24) is 4.98 Å². The molecular weight excluding hydrogens is 208 g/mol. The zero-order valence-corrected chi connectivity index (χ0v) is 8.86. The minimum absolute atomic E-state index is 0.200. The Labute approximate surface area is 92.1 Å². The first-order chi connectivity index (χ1) is 7.70. The Morgan fingerprint density at radius 1 is 1.56 bits per heavy atom. The van der Waals surface area contributed by atoms with Crippen molar-refractivity contribution in [2.45, 2.75) is 13.3 Å². The molecule has 1 heterocycles. The largest absolute Gasteiger partial charge is 0.478 e. The monoisotopic (exact) mass is 220 g/mol. The van der Waals surface area contributed by atoms with Crippen LogP contribution in [0.15, 0.2) is 22.6 Å². The van der Waals surface area contributed by atoms with Crippen LogP contribution in [-0.2, 0) is 0 Å². The summed E-state index contributed by atoms with van der Waals surface area (Å²) >= 11 is 0. The number of oxazole rings is 1. The number of carboxylic acid groups (broad SMARTS) is 1. The number of aromatic nitrogens is 1. The maximum Gasteiger partial charge on any atom is 0.335 e. The summed E-state index contributed by atoms with van der Waals surface area (Å²) in [4.78, 5) is 14.9. The average molecular weight is 220 g/mol. The number of hydrogen-bond donors (Lipinski definition) is 2. The van der Waals surface area contributed by atoms with Gasteiger partial charge < -0.3 is 14.8 Å². The van der Waals surface area contributed by atoms with E-state index in [0.29, 0.717) is 17.1 Å². The van der Waals surface area contributed by atoms with E-state index in [2.05, 4.69) is 10.3 Å². The van der Waals surface area contributed by atoms with Crippen LogP contribution in [0.25, 0.3) is 11.1 Å². The Balaban J connectivity index is 2.34. The van der Waals surface area contributed by atoms with Crippen LogP contribution in [0.3, 0.4) is 0 Å². The van der Waals surface area contributed by atoms with E-state index in [1.165, 1.54) is 12.1 Å². The van der Waals surface area contributed by atoms with Crippen molar-refractivity contribution in [3.63, 3.8) is 0 Å². The molecule has 0 atom stereocenters. The van der Waals surface area contributed by atoms with E-state index in [-0.39, 0.29) is 5.56 Å². The average Bonchev–Trinajstić information content (AvgIpc) is 2.67. The highest BCUT2D eigenvalue weighted by Crippen LogP contribution is 2.20. The lowest BCUT2D eigenvalue weighted by Gasteiger charge is -1.95. The van der Waals surface area contributed by atoms with Crippen LogP contribution in [0.2, 0.25) is 0 Å². The molecule has 0 aliphatic heterocycles. The zero-order chi connectivity index (χ0) is 11.5. The van der Waals surface area contributed by atoms with Crippen molar-refractivity contribution in [3.8, 4) is 0 Å². The molecule has 0 fully saturated rings. The second-order valence-corrected chi connectivity index (χ2v) is 3.43. The van der Waals surface area contributed by atoms with Gasteiger partial charge in [-0.25, -0.2) is 4.79 Å². The minimum atomic E-state index is -0.971. The number of rotatable bonds is 4. The van der Waals surface area contributed by atoms with E-state index >= 15 is 0 Å². The zero-order valence-electron chi connectivity index (χ0n) is 8.86. The van der Waals surface area contributed by atoms with Gasteiger partial charge in [0, 0.05) is 6.54 Å². The number of hydrogen-bond acceptors (Lipinski definition) is 4. The smallest absolute Gasteiger partial charge is 0.335 e. The van der Waals surface area contributed by atoms with Gasteiger partial charge in [0.2, 0.25) is 0 Å². The third-order valence-corrected chi connectivity index (χ3v) is 2.16. The highest BCUT2D eigenvalue weighted by Gasteiger charge is 2.08. The Hall–Kier alpha value is -2.04. The van der Waals surface area contributed by atoms with Gasteiger partial charge in [0.05, 0.1) is 5.56 Å². The molecule has 0 bridgehead atoms. The molecule has 5 nitrogen and oxygen atoms in total. The van der Waals surface area contributed by atoms with Crippen molar-refractivity contribution in [2.75, 3.05) is 11.9 Å². The summed E-state index contributed by atoms with van der Waals surface area (Å²) in [5.74, 6) is -0.971. The molecule has 0 spiro atoms. The third kappa shape index (κ3) is 1.98. The van der Waals surface area contributed by atoms with Crippen molar-refractivity contribution in [1.29, 1.82) is 0 Å². The molecular formula is C11H12N2O3. The van der Waals surface area contributed by atoms with Gasteiger partial charge in [-0.15, -0.1) is 0 Å². The number of fused-ring (bicyclic) bond motifs is 1. The summed E-state index contributed by atoms with van der Waals surface area (Å²) in [5, 5.41) is 11.8. The van der Waals surface area contributed by atoms with Crippen LogP contribution in [-0.4, -0.2) is 22.6 Å². The minimum Gasteiger partial charge on any atom is -0.478 e. The van der Waals surface area contributed by atoms with E-state index in [1.807, 2.05) is 6.92 Å². The molecule has 0 aliphatic rings. The number of carbonyl (C=O) groups is 1. The fourth-order valence-corrected chi connectivity index (χ4v) is 1.37. The van der Waals surface area contributed by atoms with Gasteiger partial charge in [-0.3, -0.25) is 0 Å². The van der Waals surface area contributed by atoms with E-state index in [4.69, 9.17) is 9.52 Å². The highest BCUT2D eigenvalue weighted by atomic mass is 16.4. The lowest BCUT2D eigenvalue weighted by Crippen LogP contribution is -1.98. The topological polar surface area (TPSA) is 75.4 Å². The molecule has 2 rings (SSSR count). The van der Waals surface area contributed by atoms with Crippen molar-refractivity contribution in [3.05, 3.63) is 23.8 Å². The molecule has 0 unspecified atom stereocenters. The molecule has 16 heavy (non-hydrogen) atoms. The molecule has 1 aromatic heterocycles. The summed E-state index contributed by atoms with van der Waals surface area (Å²) in [7, 11) is 0. The van der Waals surface area contributed by atoms with Crippen LogP contribution in [0.5, 0.6) is 0 Å². The third-order valence-electron chi connectivity index (χ3n) is 2.16. The van der Waals surface area contributed by atoms with Crippen LogP contribution in [0.1, 0.15) is 23.7 Å². The molecule has 0 radical (unpaired) electrons. The number of nitrogens with zero attached hydrogens (tertiary/aromatic N) is 1. The summed E-state index contributed by atoms with van der Waals surface area (Å²) in [6.07, 6.45) is 0.971. The van der Waals surface area contributed by atoms with Crippen LogP contribution in [0.4, 0.5) is 6.01 Å². The van der Waals surface area contributed by atoms with Gasteiger partial charge >= 0.3 is 5.97 Å². The summed E-state index contributed by atoms with van der Waals surface area (Å²) in [6, 6.07) is 5.05. The van der Waals surface area contributed by atoms with Gasteiger partial charge in [-0.2, -0.15) is 4.98 Å². The Bertz CT molecular complexity index is 519. The Morgan fingerprint density at radius 3 is 3.06 bits per heavy atom. The number of benzene rings is 1. The maximum absolute atomic E-state index is 10.7. The van der Waals surface area contributed by atoms with Crippen LogP contribution < -0.4 is 5.32 Å². The lowest BCUT2D eigenvalue weighted by molar-refractivity contribution is 0.0697. The van der Waals surface area contributed by atoms with Crippen LogP contribution >= 0.6 is 0 Å². The van der Waals surface area contributed by atoms with Gasteiger partial charge in [0.25, 0.3) is 6.01 Å². The molecule has 1 aromatic carbocycles. The Morgan fingerprint density at radius 2 is 2.38 bits per heavy atom. The molecule has 0 amide bonds. The van der Waals surface area contributed by atoms with Gasteiger partial charge in [0.1, 0.15) is 5.52 Å². The van der Waals surface area contributed by atoms with Crippen molar-refractivity contribution >= 4 is 23.1 Å². The first kappa shape index (κ1) is 10.5. The molecule has 5 heteroatoms. The second-order valence-electron chi connectivity index (χ2n) is 3.43. The molecule has 0 aliphatic carbocycles. The Kier molecular flexibility index (Phi) is 2.76. The summed E-state index contributed by atoms with van der Waals surface area (Å²) in [5.41, 5.74) is 1.34. The first-order valence-electron chi connectivity index (χ1n) is 5.08. The number of anilines is 1. The molecule has 0 saturated heterocycles. The number of nitrogens with one attached hydrogen (secondary N) is 1. The van der Waals surface area contributed by atoms with Crippen molar-refractivity contribution < 1.29 is 14.3 Å². The number of aromatic carboxylic acids is 1. The quantitative estimate of drug-likeness (QED) is 0.827. The SMILES string of the molecule is CCCNc1nc2ccc(C(=O)O)cc2o1. The summed E-state index contributed by atoms with van der Waals surface area (Å²) in [6.45, 7) is 2.82. The molecule has 84 valence electrons. The summed E-state index contributed by atoms with van der Waals surface area (Å²) < 4.78 is 5.38. The molecule has 2 aromatic rings. The molecule has 0 saturated carbocycles. The van der Waals surface area contributed by atoms with E-state index < -0.39 is 5.97 Å². The standard InChI is InChI=1S/C11H12N2O3/c1-2-5-12-11-13-8-4-3-7(10(14)15)6-9(8)16-11/h3-4,6H,2,5H2,1H3,(H,12,13)(H,14,15). The van der Waals surface area contributed by atoms with Gasteiger partial charge in [0.15, 0.2) is 5.58 Å². The highest BCUT2D eigenvalue weighted by molar-refractivity contribution is 5.92. The van der Waals surface area contributed by atoms with Gasteiger partial charge in [-0.05, 0) is 24.6 Å². The second kappa shape index (κ2) is 4.22. The fraction of sp³-hybridized carbons (Fsp3) is 0.273. The van der Waals surface area contributed by atoms with Crippen molar-refractivity contribution in [2.24, 2.45) is 0 Å². The van der Waals surface area contributed by atoms with E-state index in [9.17, 15) is 4.79 Å². The van der Waals surface area contributed by atoms with E-state index in [0.717, 1.165) is 13.0 Å². The van der Waals surface area contributed by atoms with Crippen LogP contribution in [0, 0.1) is 0 Å². The van der Waals surface area contributed by atoms with E-state index in [1.54, 1.807) is 6.07 Å². The predicted molar refractivity (Wildman–Crippen MR) is 59.7 cm³/mol. The predicted octanol–water partition coefficient (Wildman–Crippen LogP) is 2.35. The normalized spacial score (nSPS) is 10.6. The lowest BCUT2D eigenvalue weighted by atomic mass is 10.2. The fourth-order valence-electron chi connectivity index (χ4n) is 1.37. The maximum atomic E-state index is 10.7. The molecule has 2 N–H and O–H groups in total. The first-order valence-corrected chi connectivity index (χ1v) is 5.08. The van der Waals surface area contributed by atoms with Gasteiger partial charge in [-0.1, -0.05) is 6.92 Å². The number of carboxylic acids is 1.